The first-order valence-corrected chi connectivity index (χ1v) is 4.63. The Morgan fingerprint density at radius 2 is 2.06 bits per heavy atom. The van der Waals surface area contributed by atoms with E-state index in [4.69, 9.17) is 9.47 Å². The van der Waals surface area contributed by atoms with E-state index in [9.17, 15) is 10.1 Å². The maximum Gasteiger partial charge on any atom is 0.243 e. The first-order valence-electron chi connectivity index (χ1n) is 4.63. The van der Waals surface area contributed by atoms with Gasteiger partial charge in [-0.3, -0.25) is 10.1 Å². The van der Waals surface area contributed by atoms with Crippen molar-refractivity contribution in [3.63, 3.8) is 0 Å². The lowest BCUT2D eigenvalue weighted by molar-refractivity contribution is -0.422. The zero-order chi connectivity index (χ0) is 12.1. The summed E-state index contributed by atoms with van der Waals surface area (Å²) in [6.45, 7) is 1.43. The van der Waals surface area contributed by atoms with Crippen LogP contribution in [0.4, 0.5) is 0 Å². The van der Waals surface area contributed by atoms with Crippen LogP contribution in [0.5, 0.6) is 11.5 Å². The molecule has 1 aromatic carbocycles. The predicted octanol–water partition coefficient (Wildman–Crippen LogP) is 2.34. The monoisotopic (exact) mass is 223 g/mol. The Morgan fingerprint density at radius 1 is 1.38 bits per heavy atom. The number of rotatable bonds is 4. The van der Waals surface area contributed by atoms with E-state index in [1.54, 1.807) is 25.3 Å². The van der Waals surface area contributed by atoms with Gasteiger partial charge < -0.3 is 9.47 Å². The molecule has 0 aliphatic carbocycles. The van der Waals surface area contributed by atoms with Crippen LogP contribution >= 0.6 is 0 Å². The maximum atomic E-state index is 10.5. The average molecular weight is 223 g/mol. The Hall–Kier alpha value is -2.04. The zero-order valence-corrected chi connectivity index (χ0v) is 9.39. The quantitative estimate of drug-likeness (QED) is 0.580. The lowest BCUT2D eigenvalue weighted by atomic mass is 10.1. The number of ether oxygens (including phenoxy) is 2. The van der Waals surface area contributed by atoms with E-state index >= 15 is 0 Å². The second-order valence-electron chi connectivity index (χ2n) is 3.15. The molecule has 5 nitrogen and oxygen atoms in total. The van der Waals surface area contributed by atoms with Gasteiger partial charge in [-0.2, -0.15) is 0 Å². The molecule has 0 spiro atoms. The van der Waals surface area contributed by atoms with Crippen molar-refractivity contribution in [1.82, 2.24) is 0 Å². The largest absolute Gasteiger partial charge is 0.497 e. The van der Waals surface area contributed by atoms with Gasteiger partial charge in [-0.15, -0.1) is 0 Å². The van der Waals surface area contributed by atoms with E-state index in [2.05, 4.69) is 0 Å². The summed E-state index contributed by atoms with van der Waals surface area (Å²) >= 11 is 0. The van der Waals surface area contributed by atoms with Crippen LogP contribution in [-0.4, -0.2) is 19.1 Å². The molecule has 0 saturated carbocycles. The summed E-state index contributed by atoms with van der Waals surface area (Å²) in [6.07, 6.45) is 1.46. The fourth-order valence-corrected chi connectivity index (χ4v) is 1.22. The molecule has 0 aromatic heterocycles. The van der Waals surface area contributed by atoms with E-state index in [-0.39, 0.29) is 5.70 Å². The number of hydrogen-bond donors (Lipinski definition) is 0. The third kappa shape index (κ3) is 2.73. The van der Waals surface area contributed by atoms with Crippen molar-refractivity contribution in [3.8, 4) is 11.5 Å². The third-order valence-corrected chi connectivity index (χ3v) is 2.09. The molecule has 5 heteroatoms. The number of methoxy groups -OCH3 is 2. The van der Waals surface area contributed by atoms with Gasteiger partial charge in [-0.1, -0.05) is 0 Å². The van der Waals surface area contributed by atoms with Crippen LogP contribution in [0, 0.1) is 10.1 Å². The highest BCUT2D eigenvalue weighted by Gasteiger charge is 2.07. The van der Waals surface area contributed by atoms with Crippen LogP contribution in [0.2, 0.25) is 0 Å². The standard InChI is InChI=1S/C11H13NO4/c1-8(12(13)14)6-9-4-5-10(15-2)7-11(9)16-3/h4-7H,1-3H3/b8-6-. The molecule has 16 heavy (non-hydrogen) atoms. The zero-order valence-electron chi connectivity index (χ0n) is 9.39. The van der Waals surface area contributed by atoms with Gasteiger partial charge in [0.15, 0.2) is 0 Å². The van der Waals surface area contributed by atoms with Gasteiger partial charge in [-0.05, 0) is 12.1 Å². The summed E-state index contributed by atoms with van der Waals surface area (Å²) in [7, 11) is 3.06. The molecule has 0 unspecified atom stereocenters. The van der Waals surface area contributed by atoms with Crippen molar-refractivity contribution >= 4 is 6.08 Å². The molecule has 0 radical (unpaired) electrons. The summed E-state index contributed by atoms with van der Waals surface area (Å²) in [5.41, 5.74) is 0.709. The highest BCUT2D eigenvalue weighted by molar-refractivity contribution is 5.60. The van der Waals surface area contributed by atoms with Crippen LogP contribution in [0.25, 0.3) is 6.08 Å². The molecular weight excluding hydrogens is 210 g/mol. The normalized spacial score (nSPS) is 11.1. The van der Waals surface area contributed by atoms with E-state index in [1.165, 1.54) is 20.1 Å². The SMILES string of the molecule is COc1ccc(/C=C(/C)[N+](=O)[O-])c(OC)c1. The van der Waals surface area contributed by atoms with Gasteiger partial charge in [0.1, 0.15) is 11.5 Å². The molecule has 0 aliphatic heterocycles. The summed E-state index contributed by atoms with van der Waals surface area (Å²) in [5, 5.41) is 10.5. The second-order valence-corrected chi connectivity index (χ2v) is 3.15. The van der Waals surface area contributed by atoms with E-state index < -0.39 is 4.92 Å². The molecule has 86 valence electrons. The Bertz CT molecular complexity index is 426. The van der Waals surface area contributed by atoms with E-state index in [1.807, 2.05) is 0 Å². The number of allylic oxidation sites excluding steroid dienone is 1. The van der Waals surface area contributed by atoms with Crippen molar-refractivity contribution in [2.24, 2.45) is 0 Å². The fourth-order valence-electron chi connectivity index (χ4n) is 1.22. The molecule has 1 aromatic rings. The lowest BCUT2D eigenvalue weighted by Crippen LogP contribution is -1.95. The smallest absolute Gasteiger partial charge is 0.243 e. The number of benzene rings is 1. The van der Waals surface area contributed by atoms with E-state index in [0.717, 1.165) is 0 Å². The van der Waals surface area contributed by atoms with Gasteiger partial charge in [0.25, 0.3) is 0 Å². The first kappa shape index (κ1) is 12.0. The minimum absolute atomic E-state index is 0.0588. The second kappa shape index (κ2) is 5.16. The maximum absolute atomic E-state index is 10.5. The summed E-state index contributed by atoms with van der Waals surface area (Å²) in [5.74, 6) is 1.19. The molecule has 1 rings (SSSR count). The molecule has 0 aliphatic rings. The van der Waals surface area contributed by atoms with Gasteiger partial charge >= 0.3 is 0 Å². The minimum atomic E-state index is -0.441. The molecule has 0 amide bonds. The minimum Gasteiger partial charge on any atom is -0.497 e. The van der Waals surface area contributed by atoms with E-state index in [0.29, 0.717) is 17.1 Å². The van der Waals surface area contributed by atoms with Gasteiger partial charge in [0.05, 0.1) is 19.1 Å². The molecule has 0 N–H and O–H groups in total. The number of nitro groups is 1. The molecular formula is C11H13NO4. The Kier molecular flexibility index (Phi) is 3.88. The molecule has 0 atom stereocenters. The van der Waals surface area contributed by atoms with Crippen molar-refractivity contribution < 1.29 is 14.4 Å². The van der Waals surface area contributed by atoms with Gasteiger partial charge in [0, 0.05) is 24.6 Å². The Labute approximate surface area is 93.4 Å². The lowest BCUT2D eigenvalue weighted by Gasteiger charge is -2.06. The van der Waals surface area contributed by atoms with Crippen molar-refractivity contribution in [1.29, 1.82) is 0 Å². The molecule has 0 saturated heterocycles. The van der Waals surface area contributed by atoms with Crippen LogP contribution in [0.15, 0.2) is 23.9 Å². The van der Waals surface area contributed by atoms with Gasteiger partial charge in [-0.25, -0.2) is 0 Å². The van der Waals surface area contributed by atoms with Crippen molar-refractivity contribution in [2.45, 2.75) is 6.92 Å². The number of nitrogens with zero attached hydrogens (tertiary/aromatic N) is 1. The van der Waals surface area contributed by atoms with Crippen LogP contribution < -0.4 is 9.47 Å². The molecule has 0 heterocycles. The fraction of sp³-hybridized carbons (Fsp3) is 0.273. The van der Waals surface area contributed by atoms with Gasteiger partial charge in [0.2, 0.25) is 5.70 Å². The predicted molar refractivity (Wildman–Crippen MR) is 60.2 cm³/mol. The van der Waals surface area contributed by atoms with Crippen molar-refractivity contribution in [2.75, 3.05) is 14.2 Å². The Balaban J connectivity index is 3.14. The average Bonchev–Trinajstić information content (AvgIpc) is 2.29. The van der Waals surface area contributed by atoms with Crippen LogP contribution in [-0.2, 0) is 0 Å². The first-order chi connectivity index (χ1) is 7.58. The Morgan fingerprint density at radius 3 is 2.56 bits per heavy atom. The third-order valence-electron chi connectivity index (χ3n) is 2.09. The highest BCUT2D eigenvalue weighted by Crippen LogP contribution is 2.26. The van der Waals surface area contributed by atoms with Crippen LogP contribution in [0.1, 0.15) is 12.5 Å². The summed E-state index contributed by atoms with van der Waals surface area (Å²) in [6, 6.07) is 5.12. The highest BCUT2D eigenvalue weighted by atomic mass is 16.6. The van der Waals surface area contributed by atoms with Crippen molar-refractivity contribution in [3.05, 3.63) is 39.6 Å². The molecule has 0 fully saturated rings. The number of hydrogen-bond acceptors (Lipinski definition) is 4. The molecule has 0 bridgehead atoms. The topological polar surface area (TPSA) is 61.6 Å². The van der Waals surface area contributed by atoms with Crippen LogP contribution in [0.3, 0.4) is 0 Å². The summed E-state index contributed by atoms with van der Waals surface area (Å²) < 4.78 is 10.2. The summed E-state index contributed by atoms with van der Waals surface area (Å²) in [4.78, 5) is 10.1.